The lowest BCUT2D eigenvalue weighted by Gasteiger charge is -2.40. The molecule has 1 spiro atoms. The number of aromatic nitrogens is 3. The van der Waals surface area contributed by atoms with E-state index in [1.807, 2.05) is 24.1 Å². The molecule has 5 rings (SSSR count). The van der Waals surface area contributed by atoms with Gasteiger partial charge in [0.2, 0.25) is 5.95 Å². The summed E-state index contributed by atoms with van der Waals surface area (Å²) in [4.78, 5) is 41.0. The normalized spacial score (nSPS) is 24.2. The number of anilines is 1. The minimum absolute atomic E-state index is 0.0294. The number of amides is 1. The minimum Gasteiger partial charge on any atom is -0.378 e. The van der Waals surface area contributed by atoms with E-state index in [1.54, 1.807) is 0 Å². The SMILES string of the molecule is Cc1[nH]ccc1C(=O)N1CCCC2(CCc3c2nc(N2CCOCC2)[nH]c3=O)C1. The number of nitrogens with one attached hydrogen (secondary N) is 2. The van der Waals surface area contributed by atoms with Crippen molar-refractivity contribution in [3.05, 3.63) is 45.1 Å². The van der Waals surface area contributed by atoms with E-state index >= 15 is 0 Å². The van der Waals surface area contributed by atoms with Crippen LogP contribution in [-0.2, 0) is 16.6 Å². The molecule has 0 bridgehead atoms. The van der Waals surface area contributed by atoms with Gasteiger partial charge in [0.1, 0.15) is 0 Å². The van der Waals surface area contributed by atoms with Crippen molar-refractivity contribution >= 4 is 11.9 Å². The van der Waals surface area contributed by atoms with Crippen LogP contribution in [0.25, 0.3) is 0 Å². The van der Waals surface area contributed by atoms with Crippen molar-refractivity contribution in [2.45, 2.75) is 38.0 Å². The summed E-state index contributed by atoms with van der Waals surface area (Å²) in [5, 5.41) is 0. The molecule has 3 aliphatic rings. The van der Waals surface area contributed by atoms with E-state index in [2.05, 4.69) is 14.9 Å². The van der Waals surface area contributed by atoms with Crippen LogP contribution >= 0.6 is 0 Å². The van der Waals surface area contributed by atoms with E-state index in [1.165, 1.54) is 0 Å². The van der Waals surface area contributed by atoms with E-state index in [4.69, 9.17) is 9.72 Å². The number of ether oxygens (including phenoxy) is 1. The van der Waals surface area contributed by atoms with Gasteiger partial charge in [0.25, 0.3) is 11.5 Å². The van der Waals surface area contributed by atoms with E-state index < -0.39 is 0 Å². The summed E-state index contributed by atoms with van der Waals surface area (Å²) < 4.78 is 5.43. The molecule has 8 heteroatoms. The van der Waals surface area contributed by atoms with Crippen molar-refractivity contribution in [1.82, 2.24) is 19.9 Å². The van der Waals surface area contributed by atoms with Crippen LogP contribution in [0.2, 0.25) is 0 Å². The number of morpholine rings is 1. The average Bonchev–Trinajstić information content (AvgIpc) is 3.32. The first-order chi connectivity index (χ1) is 14.1. The fraction of sp³-hybridized carbons (Fsp3) is 0.571. The first kappa shape index (κ1) is 18.4. The largest absolute Gasteiger partial charge is 0.378 e. The maximum atomic E-state index is 13.1. The van der Waals surface area contributed by atoms with E-state index in [9.17, 15) is 9.59 Å². The number of aromatic amines is 2. The second-order valence-electron chi connectivity index (χ2n) is 8.44. The molecule has 1 unspecified atom stereocenters. The molecular weight excluding hydrogens is 370 g/mol. The molecule has 8 nitrogen and oxygen atoms in total. The van der Waals surface area contributed by atoms with Crippen molar-refractivity contribution in [2.24, 2.45) is 0 Å². The van der Waals surface area contributed by atoms with Gasteiger partial charge >= 0.3 is 0 Å². The lowest BCUT2D eigenvalue weighted by Crippen LogP contribution is -2.48. The van der Waals surface area contributed by atoms with E-state index in [0.717, 1.165) is 67.8 Å². The summed E-state index contributed by atoms with van der Waals surface area (Å²) in [6.07, 6.45) is 5.31. The van der Waals surface area contributed by atoms with E-state index in [0.29, 0.717) is 25.7 Å². The lowest BCUT2D eigenvalue weighted by molar-refractivity contribution is 0.0632. The van der Waals surface area contributed by atoms with Gasteiger partial charge in [-0.3, -0.25) is 14.6 Å². The second kappa shape index (κ2) is 7.02. The zero-order chi connectivity index (χ0) is 20.0. The van der Waals surface area contributed by atoms with Crippen LogP contribution in [0.1, 0.15) is 46.6 Å². The van der Waals surface area contributed by atoms with Crippen molar-refractivity contribution in [3.8, 4) is 0 Å². The summed E-state index contributed by atoms with van der Waals surface area (Å²) in [5.74, 6) is 0.706. The third-order valence-corrected chi connectivity index (χ3v) is 6.72. The Kier molecular flexibility index (Phi) is 4.46. The maximum Gasteiger partial charge on any atom is 0.255 e. The number of nitrogens with zero attached hydrogens (tertiary/aromatic N) is 3. The summed E-state index contributed by atoms with van der Waals surface area (Å²) >= 11 is 0. The second-order valence-corrected chi connectivity index (χ2v) is 8.44. The van der Waals surface area contributed by atoms with Gasteiger partial charge in [0, 0.05) is 49.0 Å². The molecule has 0 radical (unpaired) electrons. The molecule has 2 saturated heterocycles. The number of hydrogen-bond acceptors (Lipinski definition) is 5. The standard InChI is InChI=1S/C21H27N5O3/c1-14-15(4-7-22-14)19(28)26-8-2-5-21(13-26)6-3-16-17(21)23-20(24-18(16)27)25-9-11-29-12-10-25/h4,7,22H,2-3,5-6,8-13H2,1H3,(H,23,24,27). The molecule has 2 aromatic heterocycles. The molecule has 0 aromatic carbocycles. The van der Waals surface area contributed by atoms with Crippen LogP contribution in [0, 0.1) is 6.92 Å². The van der Waals surface area contributed by atoms with Crippen LogP contribution < -0.4 is 10.5 Å². The van der Waals surface area contributed by atoms with Crippen LogP contribution in [0.4, 0.5) is 5.95 Å². The number of fused-ring (bicyclic) bond motifs is 2. The van der Waals surface area contributed by atoms with Gasteiger partial charge < -0.3 is 19.5 Å². The number of hydrogen-bond donors (Lipinski definition) is 2. The Balaban J connectivity index is 1.48. The quantitative estimate of drug-likeness (QED) is 0.798. The summed E-state index contributed by atoms with van der Waals surface area (Å²) in [5.41, 5.74) is 3.08. The van der Waals surface area contributed by atoms with Gasteiger partial charge in [-0.15, -0.1) is 0 Å². The first-order valence-electron chi connectivity index (χ1n) is 10.5. The highest BCUT2D eigenvalue weighted by atomic mass is 16.5. The average molecular weight is 397 g/mol. The fourth-order valence-corrected chi connectivity index (χ4v) is 5.12. The highest BCUT2D eigenvalue weighted by Gasteiger charge is 2.46. The Morgan fingerprint density at radius 2 is 2.07 bits per heavy atom. The summed E-state index contributed by atoms with van der Waals surface area (Å²) in [6.45, 7) is 6.04. The van der Waals surface area contributed by atoms with Gasteiger partial charge in [-0.05, 0) is 38.7 Å². The molecule has 1 amide bonds. The molecule has 2 aromatic rings. The number of aryl methyl sites for hydroxylation is 1. The van der Waals surface area contributed by atoms with Crippen LogP contribution in [-0.4, -0.2) is 65.2 Å². The Labute approximate surface area is 169 Å². The molecule has 4 heterocycles. The van der Waals surface area contributed by atoms with Gasteiger partial charge in [0.05, 0.1) is 24.5 Å². The molecule has 2 fully saturated rings. The number of carbonyl (C=O) groups excluding carboxylic acids is 1. The van der Waals surface area contributed by atoms with Crippen LogP contribution in [0.15, 0.2) is 17.1 Å². The summed E-state index contributed by atoms with van der Waals surface area (Å²) in [7, 11) is 0. The number of likely N-dealkylation sites (tertiary alicyclic amines) is 1. The smallest absolute Gasteiger partial charge is 0.255 e. The molecule has 1 aliphatic carbocycles. The van der Waals surface area contributed by atoms with Crippen molar-refractivity contribution in [2.75, 3.05) is 44.3 Å². The molecule has 0 saturated carbocycles. The van der Waals surface area contributed by atoms with Crippen molar-refractivity contribution in [3.63, 3.8) is 0 Å². The highest BCUT2D eigenvalue weighted by molar-refractivity contribution is 5.95. The molecular formula is C21H27N5O3. The number of piperidine rings is 1. The van der Waals surface area contributed by atoms with Gasteiger partial charge in [-0.25, -0.2) is 4.98 Å². The minimum atomic E-state index is -0.219. The summed E-state index contributed by atoms with van der Waals surface area (Å²) in [6, 6.07) is 1.85. The third-order valence-electron chi connectivity index (χ3n) is 6.72. The molecule has 2 aliphatic heterocycles. The Hall–Kier alpha value is -2.61. The number of H-pyrrole nitrogens is 2. The zero-order valence-corrected chi connectivity index (χ0v) is 16.8. The predicted octanol–water partition coefficient (Wildman–Crippen LogP) is 1.36. The zero-order valence-electron chi connectivity index (χ0n) is 16.8. The van der Waals surface area contributed by atoms with Crippen LogP contribution in [0.3, 0.4) is 0 Å². The Bertz CT molecular complexity index is 990. The lowest BCUT2D eigenvalue weighted by atomic mass is 9.77. The van der Waals surface area contributed by atoms with Gasteiger partial charge in [0.15, 0.2) is 0 Å². The number of carbonyl (C=O) groups is 1. The Morgan fingerprint density at radius 3 is 2.83 bits per heavy atom. The molecule has 29 heavy (non-hydrogen) atoms. The predicted molar refractivity (Wildman–Crippen MR) is 109 cm³/mol. The van der Waals surface area contributed by atoms with Gasteiger partial charge in [-0.2, -0.15) is 0 Å². The van der Waals surface area contributed by atoms with Crippen molar-refractivity contribution in [1.29, 1.82) is 0 Å². The van der Waals surface area contributed by atoms with Gasteiger partial charge in [-0.1, -0.05) is 0 Å². The topological polar surface area (TPSA) is 94.3 Å². The maximum absolute atomic E-state index is 13.1. The number of rotatable bonds is 2. The fourth-order valence-electron chi connectivity index (χ4n) is 5.12. The molecule has 1 atom stereocenters. The monoisotopic (exact) mass is 397 g/mol. The molecule has 154 valence electrons. The van der Waals surface area contributed by atoms with E-state index in [-0.39, 0.29) is 16.9 Å². The Morgan fingerprint density at radius 1 is 1.24 bits per heavy atom. The highest BCUT2D eigenvalue weighted by Crippen LogP contribution is 2.43. The van der Waals surface area contributed by atoms with Crippen molar-refractivity contribution < 1.29 is 9.53 Å². The molecule has 2 N–H and O–H groups in total. The first-order valence-corrected chi connectivity index (χ1v) is 10.5. The third kappa shape index (κ3) is 3.06. The van der Waals surface area contributed by atoms with Crippen LogP contribution in [0.5, 0.6) is 0 Å².